The minimum Gasteiger partial charge on any atom is -0.478 e. The summed E-state index contributed by atoms with van der Waals surface area (Å²) in [6, 6.07) is 10.7. The van der Waals surface area contributed by atoms with Crippen LogP contribution in [0.2, 0.25) is 5.02 Å². The summed E-state index contributed by atoms with van der Waals surface area (Å²) in [6.07, 6.45) is 6.00. The van der Waals surface area contributed by atoms with E-state index in [0.717, 1.165) is 66.7 Å². The number of carboxylic acids is 1. The number of ether oxygens (including phenoxy) is 1. The molecule has 7 nitrogen and oxygen atoms in total. The maximum atomic E-state index is 14.6. The summed E-state index contributed by atoms with van der Waals surface area (Å²) in [5.41, 5.74) is 4.26. The Morgan fingerprint density at radius 3 is 2.77 bits per heavy atom. The molecule has 3 fully saturated rings. The number of fused-ring (bicyclic) bond motifs is 1. The molecule has 2 saturated carbocycles. The van der Waals surface area contributed by atoms with Crippen LogP contribution >= 0.6 is 11.6 Å². The van der Waals surface area contributed by atoms with Gasteiger partial charge in [-0.05, 0) is 61.9 Å². The Morgan fingerprint density at radius 2 is 2.05 bits per heavy atom. The number of nitrogens with zero attached hydrogens (tertiary/aromatic N) is 3. The van der Waals surface area contributed by atoms with Gasteiger partial charge in [-0.3, -0.25) is 0 Å². The predicted octanol–water partition coefficient (Wildman–Crippen LogP) is 6.63. The lowest BCUT2D eigenvalue weighted by Crippen LogP contribution is -2.63. The minimum absolute atomic E-state index is 0.276. The number of hydrogen-bond donors (Lipinski definition) is 1. The summed E-state index contributed by atoms with van der Waals surface area (Å²) in [7, 11) is 1.88. The Kier molecular flexibility index (Phi) is 5.75. The van der Waals surface area contributed by atoms with Crippen molar-refractivity contribution in [3.63, 3.8) is 0 Å². The van der Waals surface area contributed by atoms with Gasteiger partial charge in [-0.15, -0.1) is 0 Å². The molecule has 2 aliphatic carbocycles. The number of carboxylic acid groups (broad SMARTS) is 1. The highest BCUT2D eigenvalue weighted by atomic mass is 35.5. The average molecular weight is 550 g/mol. The number of carbonyl (C=O) groups is 1. The zero-order valence-electron chi connectivity index (χ0n) is 21.6. The van der Waals surface area contributed by atoms with Gasteiger partial charge in [0.05, 0.1) is 28.3 Å². The number of anilines is 1. The highest BCUT2D eigenvalue weighted by Crippen LogP contribution is 2.53. The molecule has 202 valence electrons. The summed E-state index contributed by atoms with van der Waals surface area (Å²) >= 11 is 6.33. The molecule has 0 unspecified atom stereocenters. The molecule has 1 N–H and O–H groups in total. The molecule has 3 aliphatic rings. The number of halogens is 2. The van der Waals surface area contributed by atoms with Gasteiger partial charge in [0.1, 0.15) is 17.3 Å². The molecule has 1 saturated heterocycles. The summed E-state index contributed by atoms with van der Waals surface area (Å²) in [4.78, 5) is 13.9. The second-order valence-corrected chi connectivity index (χ2v) is 12.0. The lowest BCUT2D eigenvalue weighted by molar-refractivity contribution is -0.0341. The van der Waals surface area contributed by atoms with Gasteiger partial charge in [-0.1, -0.05) is 22.8 Å². The lowest BCUT2D eigenvalue weighted by atomic mass is 9.58. The van der Waals surface area contributed by atoms with Crippen LogP contribution in [0.4, 0.5) is 10.1 Å². The third-order valence-electron chi connectivity index (χ3n) is 8.63. The summed E-state index contributed by atoms with van der Waals surface area (Å²) in [6.45, 7) is 2.98. The van der Waals surface area contributed by atoms with E-state index in [9.17, 15) is 14.3 Å². The van der Waals surface area contributed by atoms with Crippen LogP contribution in [0.15, 0.2) is 47.1 Å². The van der Waals surface area contributed by atoms with Crippen LogP contribution in [-0.2, 0) is 18.4 Å². The summed E-state index contributed by atoms with van der Waals surface area (Å²) in [5.74, 6) is 0.302. The fraction of sp³-hybridized carbons (Fsp3) is 0.400. The minimum atomic E-state index is -0.904. The second kappa shape index (κ2) is 9.10. The molecule has 1 spiro atoms. The van der Waals surface area contributed by atoms with Crippen LogP contribution in [0, 0.1) is 17.2 Å². The van der Waals surface area contributed by atoms with Crippen molar-refractivity contribution in [1.82, 2.24) is 9.72 Å². The van der Waals surface area contributed by atoms with E-state index in [-0.39, 0.29) is 5.56 Å². The van der Waals surface area contributed by atoms with Gasteiger partial charge in [0, 0.05) is 60.9 Å². The Hall–Kier alpha value is -3.36. The molecule has 4 aromatic rings. The van der Waals surface area contributed by atoms with Crippen molar-refractivity contribution in [2.45, 2.75) is 38.2 Å². The molecule has 2 aromatic carbocycles. The number of benzene rings is 2. The molecular formula is C30H29ClFN3O4. The molecule has 9 heteroatoms. The third-order valence-corrected chi connectivity index (χ3v) is 8.95. The Labute approximate surface area is 230 Å². The normalized spacial score (nSPS) is 18.5. The maximum absolute atomic E-state index is 14.6. The Bertz CT molecular complexity index is 1570. The van der Waals surface area contributed by atoms with Crippen LogP contribution in [0.3, 0.4) is 0 Å². The molecule has 2 aromatic heterocycles. The van der Waals surface area contributed by atoms with Crippen molar-refractivity contribution in [2.75, 3.05) is 24.6 Å². The van der Waals surface area contributed by atoms with Crippen LogP contribution in [0.1, 0.15) is 53.3 Å². The van der Waals surface area contributed by atoms with Crippen molar-refractivity contribution >= 4 is 34.2 Å². The van der Waals surface area contributed by atoms with E-state index in [1.54, 1.807) is 18.3 Å². The molecular weight excluding hydrogens is 521 g/mol. The van der Waals surface area contributed by atoms with E-state index in [1.807, 2.05) is 23.7 Å². The molecule has 0 bridgehead atoms. The fourth-order valence-corrected chi connectivity index (χ4v) is 6.85. The monoisotopic (exact) mass is 549 g/mol. The first-order chi connectivity index (χ1) is 18.8. The van der Waals surface area contributed by atoms with Crippen molar-refractivity contribution < 1.29 is 23.6 Å². The second-order valence-electron chi connectivity index (χ2n) is 11.6. The van der Waals surface area contributed by atoms with E-state index in [0.29, 0.717) is 46.7 Å². The lowest BCUT2D eigenvalue weighted by Gasteiger charge is -2.60. The molecule has 3 heterocycles. The summed E-state index contributed by atoms with van der Waals surface area (Å²) in [5, 5.41) is 14.7. The first-order valence-electron chi connectivity index (χ1n) is 13.4. The zero-order valence-corrected chi connectivity index (χ0v) is 22.4. The van der Waals surface area contributed by atoms with Gasteiger partial charge in [0.2, 0.25) is 0 Å². The molecule has 1 aliphatic heterocycles. The first-order valence-corrected chi connectivity index (χ1v) is 13.8. The topological polar surface area (TPSA) is 80.7 Å². The van der Waals surface area contributed by atoms with Crippen LogP contribution in [0.5, 0.6) is 0 Å². The van der Waals surface area contributed by atoms with E-state index in [2.05, 4.69) is 16.1 Å². The standard InChI is InChI=1S/C30H29ClFN3O4/c1-34-12-21(29(36)37)20-8-7-19(9-25(20)34)35-15-30(16-35)10-17(11-30)13-38-14-22-27(33-39-28(22)18-5-6-18)26-23(31)3-2-4-24(26)32/h2-4,7-9,12,17-18H,5-6,10-11,13-16H2,1H3,(H,36,37). The van der Waals surface area contributed by atoms with Gasteiger partial charge >= 0.3 is 5.97 Å². The number of aryl methyl sites for hydroxylation is 1. The first kappa shape index (κ1) is 24.7. The van der Waals surface area contributed by atoms with Gasteiger partial charge in [-0.25, -0.2) is 9.18 Å². The van der Waals surface area contributed by atoms with Gasteiger partial charge < -0.3 is 23.8 Å². The number of hydrogen-bond acceptors (Lipinski definition) is 5. The molecule has 39 heavy (non-hydrogen) atoms. The van der Waals surface area contributed by atoms with E-state index < -0.39 is 11.8 Å². The van der Waals surface area contributed by atoms with Crippen molar-refractivity contribution in [1.29, 1.82) is 0 Å². The molecule has 0 atom stereocenters. The van der Waals surface area contributed by atoms with Crippen LogP contribution in [0.25, 0.3) is 22.2 Å². The SMILES string of the molecule is Cn1cc(C(=O)O)c2ccc(N3CC4(CC(COCc5c(-c6c(F)cccc6Cl)noc5C5CC5)C4)C3)cc21. The van der Waals surface area contributed by atoms with E-state index >= 15 is 0 Å². The Balaban J connectivity index is 0.966. The van der Waals surface area contributed by atoms with Gasteiger partial charge in [0.25, 0.3) is 0 Å². The molecule has 7 rings (SSSR count). The van der Waals surface area contributed by atoms with Crippen molar-refractivity contribution in [3.05, 3.63) is 70.3 Å². The van der Waals surface area contributed by atoms with Gasteiger partial charge in [0.15, 0.2) is 0 Å². The van der Waals surface area contributed by atoms with Crippen LogP contribution in [-0.4, -0.2) is 40.5 Å². The largest absolute Gasteiger partial charge is 0.478 e. The maximum Gasteiger partial charge on any atom is 0.337 e. The highest BCUT2D eigenvalue weighted by Gasteiger charge is 2.52. The number of aromatic carboxylic acids is 1. The van der Waals surface area contributed by atoms with Crippen molar-refractivity contribution in [2.24, 2.45) is 18.4 Å². The zero-order chi connectivity index (χ0) is 26.9. The Morgan fingerprint density at radius 1 is 1.26 bits per heavy atom. The number of rotatable bonds is 8. The molecule has 0 amide bonds. The quantitative estimate of drug-likeness (QED) is 0.265. The number of aromatic nitrogens is 2. The van der Waals surface area contributed by atoms with E-state index in [4.69, 9.17) is 20.9 Å². The smallest absolute Gasteiger partial charge is 0.337 e. The average Bonchev–Trinajstić information content (AvgIpc) is 3.54. The molecule has 0 radical (unpaired) electrons. The van der Waals surface area contributed by atoms with Crippen LogP contribution < -0.4 is 4.90 Å². The van der Waals surface area contributed by atoms with Crippen molar-refractivity contribution in [3.8, 4) is 11.3 Å². The summed E-state index contributed by atoms with van der Waals surface area (Å²) < 4.78 is 28.3. The van der Waals surface area contributed by atoms with E-state index in [1.165, 1.54) is 6.07 Å². The van der Waals surface area contributed by atoms with Gasteiger partial charge in [-0.2, -0.15) is 0 Å². The highest BCUT2D eigenvalue weighted by molar-refractivity contribution is 6.33. The third kappa shape index (κ3) is 4.21. The predicted molar refractivity (Wildman–Crippen MR) is 146 cm³/mol. The fourth-order valence-electron chi connectivity index (χ4n) is 6.60.